The first-order chi connectivity index (χ1) is 13.4. The van der Waals surface area contributed by atoms with Crippen LogP contribution in [0.2, 0.25) is 16.7 Å². The number of benzene rings is 2. The van der Waals surface area contributed by atoms with E-state index in [1.165, 1.54) is 16.7 Å². The fourth-order valence-corrected chi connectivity index (χ4v) is 28.2. The third-order valence-electron chi connectivity index (χ3n) is 6.97. The summed E-state index contributed by atoms with van der Waals surface area (Å²) < 4.78 is 1.52. The first-order valence-electron chi connectivity index (χ1n) is 10.5. The average molecular weight is 534 g/mol. The van der Waals surface area contributed by atoms with Crippen LogP contribution in [0.15, 0.2) is 83.0 Å². The fraction of sp³-hybridized carbons (Fsp3) is 0.308. The minimum absolute atomic E-state index is 0. The van der Waals surface area contributed by atoms with Crippen molar-refractivity contribution in [3.05, 3.63) is 99.7 Å². The molecule has 0 radical (unpaired) electrons. The quantitative estimate of drug-likeness (QED) is 0.520. The Morgan fingerprint density at radius 1 is 0.733 bits per heavy atom. The van der Waals surface area contributed by atoms with Crippen molar-refractivity contribution in [3.63, 3.8) is 0 Å². The van der Waals surface area contributed by atoms with Gasteiger partial charge in [0.1, 0.15) is 0 Å². The molecule has 30 heavy (non-hydrogen) atoms. The Balaban J connectivity index is 0.00000160. The number of hydrogen-bond acceptors (Lipinski definition) is 0. The number of halogens is 2. The maximum Gasteiger partial charge on any atom is -1.00 e. The SMILES string of the molecule is CC1=C(C)[CH]([Zr+2]([CH]2C=C(c3ccccc3)c3ccccc32)[SiH](C)C)C(C)=C1C.[Cl-].[Cl-]. The Hall–Kier alpha value is -0.660. The number of hydrogen-bond donors (Lipinski definition) is 0. The Labute approximate surface area is 203 Å². The number of allylic oxidation sites excluding steroid dienone is 5. The molecule has 2 aromatic carbocycles. The molecule has 0 nitrogen and oxygen atoms in total. The van der Waals surface area contributed by atoms with E-state index in [-0.39, 0.29) is 24.8 Å². The third-order valence-corrected chi connectivity index (χ3v) is 28.9. The zero-order chi connectivity index (χ0) is 20.0. The Bertz CT molecular complexity index is 981. The molecule has 157 valence electrons. The first kappa shape index (κ1) is 25.6. The Kier molecular flexibility index (Phi) is 8.79. The van der Waals surface area contributed by atoms with Gasteiger partial charge < -0.3 is 24.8 Å². The van der Waals surface area contributed by atoms with E-state index in [4.69, 9.17) is 0 Å². The van der Waals surface area contributed by atoms with E-state index in [2.05, 4.69) is 101 Å². The van der Waals surface area contributed by atoms with Crippen molar-refractivity contribution in [1.82, 2.24) is 0 Å². The van der Waals surface area contributed by atoms with Crippen LogP contribution in [0, 0.1) is 0 Å². The molecule has 0 aromatic heterocycles. The largest absolute Gasteiger partial charge is 1.00 e. The van der Waals surface area contributed by atoms with Gasteiger partial charge in [0.05, 0.1) is 0 Å². The first-order valence-corrected chi connectivity index (χ1v) is 20.5. The van der Waals surface area contributed by atoms with E-state index in [1.54, 1.807) is 27.9 Å². The van der Waals surface area contributed by atoms with Crippen molar-refractivity contribution in [2.24, 2.45) is 0 Å². The second-order valence-corrected chi connectivity index (χ2v) is 28.9. The topological polar surface area (TPSA) is 0 Å². The van der Waals surface area contributed by atoms with Gasteiger partial charge in [-0.15, -0.1) is 0 Å². The van der Waals surface area contributed by atoms with E-state index in [9.17, 15) is 0 Å². The van der Waals surface area contributed by atoms with Crippen LogP contribution in [0.1, 0.15) is 48.0 Å². The van der Waals surface area contributed by atoms with Gasteiger partial charge >= 0.3 is 180 Å². The van der Waals surface area contributed by atoms with Gasteiger partial charge in [-0.1, -0.05) is 0 Å². The number of fused-ring (bicyclic) bond motifs is 1. The summed E-state index contributed by atoms with van der Waals surface area (Å²) in [5, 5.41) is 0. The van der Waals surface area contributed by atoms with Crippen molar-refractivity contribution >= 4 is 11.5 Å². The molecule has 1 unspecified atom stereocenters. The Morgan fingerprint density at radius 3 is 1.83 bits per heavy atom. The molecule has 0 spiro atoms. The van der Waals surface area contributed by atoms with Gasteiger partial charge in [-0.25, -0.2) is 0 Å². The molecular formula is C26H31Cl2SiZr. The molecule has 0 heterocycles. The smallest absolute Gasteiger partial charge is 1.00 e. The molecule has 0 aliphatic heterocycles. The van der Waals surface area contributed by atoms with Crippen LogP contribution in [0.4, 0.5) is 0 Å². The van der Waals surface area contributed by atoms with E-state index in [0.29, 0.717) is 3.63 Å². The fourth-order valence-electron chi connectivity index (χ4n) is 5.23. The molecule has 2 aliphatic rings. The van der Waals surface area contributed by atoms with Crippen LogP contribution >= 0.6 is 0 Å². The van der Waals surface area contributed by atoms with Gasteiger partial charge in [0.25, 0.3) is 0 Å². The van der Waals surface area contributed by atoms with Gasteiger partial charge in [0.15, 0.2) is 0 Å². The molecule has 4 heteroatoms. The summed E-state index contributed by atoms with van der Waals surface area (Å²) in [5.41, 5.74) is 12.5. The maximum atomic E-state index is 2.69. The van der Waals surface area contributed by atoms with E-state index in [1.807, 2.05) is 0 Å². The van der Waals surface area contributed by atoms with Crippen LogP contribution in [-0.2, 0) is 20.9 Å². The van der Waals surface area contributed by atoms with Crippen molar-refractivity contribution < 1.29 is 45.7 Å². The summed E-state index contributed by atoms with van der Waals surface area (Å²) in [6, 6.07) is 20.3. The molecule has 0 amide bonds. The second-order valence-electron chi connectivity index (χ2n) is 8.72. The molecule has 4 rings (SSSR count). The van der Waals surface area contributed by atoms with Crippen LogP contribution in [-0.4, -0.2) is 5.92 Å². The molecule has 1 atom stereocenters. The third kappa shape index (κ3) is 4.31. The summed E-state index contributed by atoms with van der Waals surface area (Å²) in [4.78, 5) is 0. The molecule has 2 aromatic rings. The maximum absolute atomic E-state index is 2.69. The van der Waals surface area contributed by atoms with Gasteiger partial charge in [-0.05, 0) is 0 Å². The van der Waals surface area contributed by atoms with Gasteiger partial charge in [0, 0.05) is 0 Å². The predicted molar refractivity (Wildman–Crippen MR) is 122 cm³/mol. The van der Waals surface area contributed by atoms with Crippen molar-refractivity contribution in [2.45, 2.75) is 48.0 Å². The minimum atomic E-state index is -1.80. The summed E-state index contributed by atoms with van der Waals surface area (Å²) in [5.74, 6) is -0.720. The molecular weight excluding hydrogens is 503 g/mol. The predicted octanol–water partition coefficient (Wildman–Crippen LogP) is 1.26. The molecule has 0 saturated heterocycles. The minimum Gasteiger partial charge on any atom is -1.00 e. The van der Waals surface area contributed by atoms with E-state index >= 15 is 0 Å². The summed E-state index contributed by atoms with van der Waals surface area (Å²) in [7, 11) is 0. The van der Waals surface area contributed by atoms with Crippen molar-refractivity contribution in [1.29, 1.82) is 0 Å². The van der Waals surface area contributed by atoms with Crippen molar-refractivity contribution in [2.75, 3.05) is 0 Å². The molecule has 0 N–H and O–H groups in total. The molecule has 0 bridgehead atoms. The zero-order valence-corrected chi connectivity index (χ0v) is 23.9. The van der Waals surface area contributed by atoms with Gasteiger partial charge in [-0.2, -0.15) is 0 Å². The van der Waals surface area contributed by atoms with Crippen LogP contribution in [0.5, 0.6) is 0 Å². The Morgan fingerprint density at radius 2 is 1.27 bits per heavy atom. The van der Waals surface area contributed by atoms with Crippen LogP contribution < -0.4 is 24.8 Å². The molecule has 0 saturated carbocycles. The number of rotatable bonds is 4. The standard InChI is InChI=1S/C15H11.C9H13.C2H7Si.2ClH.Zr/c1-2-6-12(7-3-1)15-11-10-13-8-4-5-9-14(13)15;1-6-5-7(2)9(4)8(6)3;1-3-2;;;/h1-11H;5H,1-4H3;3H,1-2H3;2*1H;/q;;;;;+2/p-2. The van der Waals surface area contributed by atoms with Crippen LogP contribution in [0.3, 0.4) is 0 Å². The van der Waals surface area contributed by atoms with Crippen molar-refractivity contribution in [3.8, 4) is 0 Å². The van der Waals surface area contributed by atoms with Crippen LogP contribution in [0.25, 0.3) is 5.57 Å². The summed E-state index contributed by atoms with van der Waals surface area (Å²) in [6.45, 7) is 14.8. The molecule has 0 fully saturated rings. The second kappa shape index (κ2) is 10.3. The monoisotopic (exact) mass is 531 g/mol. The van der Waals surface area contributed by atoms with E-state index in [0.717, 1.165) is 3.63 Å². The summed E-state index contributed by atoms with van der Waals surface area (Å²) >= 11 is -1.80. The van der Waals surface area contributed by atoms with E-state index < -0.39 is 26.8 Å². The zero-order valence-electron chi connectivity index (χ0n) is 18.8. The van der Waals surface area contributed by atoms with Gasteiger partial charge in [0.2, 0.25) is 0 Å². The average Bonchev–Trinajstić information content (AvgIpc) is 3.17. The van der Waals surface area contributed by atoms with Gasteiger partial charge in [-0.3, -0.25) is 0 Å². The normalized spacial score (nSPS) is 18.2. The summed E-state index contributed by atoms with van der Waals surface area (Å²) in [6.07, 6.45) is 2.69. The molecule has 2 aliphatic carbocycles.